The van der Waals surface area contributed by atoms with E-state index in [1.165, 1.54) is 24.3 Å². The van der Waals surface area contributed by atoms with Crippen LogP contribution in [0, 0.1) is 0 Å². The Kier molecular flexibility index (Phi) is 5.50. The van der Waals surface area contributed by atoms with Crippen molar-refractivity contribution in [2.45, 2.75) is 23.9 Å². The van der Waals surface area contributed by atoms with Crippen LogP contribution in [0.4, 0.5) is 29.3 Å². The van der Waals surface area contributed by atoms with E-state index in [0.717, 1.165) is 25.0 Å². The molecule has 3 rings (SSSR count). The van der Waals surface area contributed by atoms with Crippen LogP contribution in [0.3, 0.4) is 0 Å². The average molecular weight is 413 g/mol. The van der Waals surface area contributed by atoms with E-state index in [9.17, 15) is 26.4 Å². The van der Waals surface area contributed by atoms with E-state index in [1.54, 1.807) is 11.0 Å². The van der Waals surface area contributed by atoms with E-state index >= 15 is 0 Å². The first kappa shape index (κ1) is 20.0. The third-order valence-electron chi connectivity index (χ3n) is 4.29. The Morgan fingerprint density at radius 1 is 0.929 bits per heavy atom. The number of rotatable bonds is 4. The Labute approximate surface area is 160 Å². The molecular weight excluding hydrogens is 395 g/mol. The normalized spacial score (nSPS) is 14.8. The van der Waals surface area contributed by atoms with E-state index in [1.807, 2.05) is 0 Å². The van der Waals surface area contributed by atoms with Crippen molar-refractivity contribution in [3.05, 3.63) is 54.1 Å². The van der Waals surface area contributed by atoms with E-state index in [4.69, 9.17) is 0 Å². The molecule has 0 unspecified atom stereocenters. The summed E-state index contributed by atoms with van der Waals surface area (Å²) in [4.78, 5) is 13.0. The SMILES string of the molecule is O=C(Nc1ccccc1NS(=O)(=O)c1ccccc1C(F)(F)F)N1CCCC1. The van der Waals surface area contributed by atoms with Crippen molar-refractivity contribution in [2.24, 2.45) is 0 Å². The summed E-state index contributed by atoms with van der Waals surface area (Å²) in [6.45, 7) is 1.19. The maximum atomic E-state index is 13.2. The molecule has 0 aromatic heterocycles. The molecule has 1 fully saturated rings. The molecule has 0 spiro atoms. The molecule has 1 heterocycles. The van der Waals surface area contributed by atoms with Crippen LogP contribution in [0.1, 0.15) is 18.4 Å². The quantitative estimate of drug-likeness (QED) is 0.791. The summed E-state index contributed by atoms with van der Waals surface area (Å²) in [5.74, 6) is 0. The Balaban J connectivity index is 1.89. The molecule has 0 saturated carbocycles. The number of likely N-dealkylation sites (tertiary alicyclic amines) is 1. The van der Waals surface area contributed by atoms with Crippen molar-refractivity contribution in [3.63, 3.8) is 0 Å². The highest BCUT2D eigenvalue weighted by molar-refractivity contribution is 7.92. The van der Waals surface area contributed by atoms with Gasteiger partial charge in [-0.3, -0.25) is 4.72 Å². The van der Waals surface area contributed by atoms with Crippen LogP contribution in [0.5, 0.6) is 0 Å². The molecule has 10 heteroatoms. The van der Waals surface area contributed by atoms with Crippen LogP contribution in [0.2, 0.25) is 0 Å². The molecule has 6 nitrogen and oxygen atoms in total. The number of nitrogens with zero attached hydrogens (tertiary/aromatic N) is 1. The second-order valence-corrected chi connectivity index (χ2v) is 7.92. The van der Waals surface area contributed by atoms with Crippen molar-refractivity contribution >= 4 is 27.4 Å². The first-order chi connectivity index (χ1) is 13.2. The molecule has 28 heavy (non-hydrogen) atoms. The monoisotopic (exact) mass is 413 g/mol. The number of hydrogen-bond donors (Lipinski definition) is 2. The maximum absolute atomic E-state index is 13.2. The number of amides is 2. The fraction of sp³-hybridized carbons (Fsp3) is 0.278. The average Bonchev–Trinajstić information content (AvgIpc) is 3.17. The van der Waals surface area contributed by atoms with Gasteiger partial charge in [0.15, 0.2) is 0 Å². The minimum Gasteiger partial charge on any atom is -0.325 e. The summed E-state index contributed by atoms with van der Waals surface area (Å²) in [7, 11) is -4.54. The second kappa shape index (κ2) is 7.70. The lowest BCUT2D eigenvalue weighted by Crippen LogP contribution is -2.32. The maximum Gasteiger partial charge on any atom is 0.417 e. The van der Waals surface area contributed by atoms with Crippen molar-refractivity contribution in [2.75, 3.05) is 23.1 Å². The third kappa shape index (κ3) is 4.38. The first-order valence-corrected chi connectivity index (χ1v) is 10.0. The van der Waals surface area contributed by atoms with Gasteiger partial charge in [0.2, 0.25) is 0 Å². The molecule has 150 valence electrons. The van der Waals surface area contributed by atoms with Gasteiger partial charge in [0, 0.05) is 13.1 Å². The largest absolute Gasteiger partial charge is 0.417 e. The van der Waals surface area contributed by atoms with E-state index in [-0.39, 0.29) is 17.4 Å². The minimum atomic E-state index is -4.82. The fourth-order valence-electron chi connectivity index (χ4n) is 2.93. The second-order valence-electron chi connectivity index (χ2n) is 6.27. The van der Waals surface area contributed by atoms with Gasteiger partial charge in [-0.1, -0.05) is 24.3 Å². The van der Waals surface area contributed by atoms with Crippen LogP contribution in [-0.2, 0) is 16.2 Å². The number of carbonyl (C=O) groups excluding carboxylic acids is 1. The van der Waals surface area contributed by atoms with Crippen molar-refractivity contribution in [3.8, 4) is 0 Å². The Morgan fingerprint density at radius 2 is 1.50 bits per heavy atom. The molecular formula is C18H18F3N3O3S. The van der Waals surface area contributed by atoms with E-state index in [2.05, 4.69) is 10.0 Å². The van der Waals surface area contributed by atoms with Gasteiger partial charge in [-0.15, -0.1) is 0 Å². The number of hydrogen-bond acceptors (Lipinski definition) is 3. The number of alkyl halides is 3. The van der Waals surface area contributed by atoms with Gasteiger partial charge >= 0.3 is 12.2 Å². The van der Waals surface area contributed by atoms with Gasteiger partial charge in [0.25, 0.3) is 10.0 Å². The molecule has 2 aromatic carbocycles. The van der Waals surface area contributed by atoms with Crippen LogP contribution >= 0.6 is 0 Å². The number of halogens is 3. The summed E-state index contributed by atoms with van der Waals surface area (Å²) in [5.41, 5.74) is -1.12. The molecule has 0 bridgehead atoms. The predicted molar refractivity (Wildman–Crippen MR) is 98.5 cm³/mol. The molecule has 0 atom stereocenters. The highest BCUT2D eigenvalue weighted by Crippen LogP contribution is 2.35. The molecule has 2 amide bonds. The number of para-hydroxylation sites is 2. The molecule has 0 radical (unpaired) electrons. The Hall–Kier alpha value is -2.75. The summed E-state index contributed by atoms with van der Waals surface area (Å²) in [5, 5.41) is 2.61. The summed E-state index contributed by atoms with van der Waals surface area (Å²) in [6, 6.07) is 9.47. The number of carbonyl (C=O) groups is 1. The molecule has 0 aliphatic carbocycles. The number of benzene rings is 2. The highest BCUT2D eigenvalue weighted by atomic mass is 32.2. The Bertz CT molecular complexity index is 971. The number of urea groups is 1. The minimum absolute atomic E-state index is 0.0213. The zero-order chi connectivity index (χ0) is 20.4. The summed E-state index contributed by atoms with van der Waals surface area (Å²) in [6.07, 6.45) is -3.05. The number of nitrogens with one attached hydrogen (secondary N) is 2. The lowest BCUT2D eigenvalue weighted by molar-refractivity contribution is -0.139. The van der Waals surface area contributed by atoms with Crippen LogP contribution < -0.4 is 10.0 Å². The van der Waals surface area contributed by atoms with Crippen LogP contribution in [0.15, 0.2) is 53.4 Å². The Morgan fingerprint density at radius 3 is 2.14 bits per heavy atom. The van der Waals surface area contributed by atoms with Gasteiger partial charge in [-0.05, 0) is 37.1 Å². The fourth-order valence-corrected chi connectivity index (χ4v) is 4.24. The summed E-state index contributed by atoms with van der Waals surface area (Å²) < 4.78 is 67.0. The molecule has 2 N–H and O–H groups in total. The van der Waals surface area contributed by atoms with Gasteiger partial charge in [-0.2, -0.15) is 13.2 Å². The zero-order valence-corrected chi connectivity index (χ0v) is 15.5. The van der Waals surface area contributed by atoms with Gasteiger partial charge in [-0.25, -0.2) is 13.2 Å². The molecule has 1 saturated heterocycles. The smallest absolute Gasteiger partial charge is 0.325 e. The standard InChI is InChI=1S/C18H18F3N3O3S/c19-18(20,21)13-7-1-4-10-16(13)28(26,27)23-15-9-3-2-8-14(15)22-17(25)24-11-5-6-12-24/h1-4,7-10,23H,5-6,11-12H2,(H,22,25). The lowest BCUT2D eigenvalue weighted by Gasteiger charge is -2.19. The van der Waals surface area contributed by atoms with Gasteiger partial charge in [0.1, 0.15) is 0 Å². The van der Waals surface area contributed by atoms with E-state index in [0.29, 0.717) is 19.2 Å². The van der Waals surface area contributed by atoms with Crippen molar-refractivity contribution in [1.29, 1.82) is 0 Å². The van der Waals surface area contributed by atoms with Crippen LogP contribution in [0.25, 0.3) is 0 Å². The predicted octanol–water partition coefficient (Wildman–Crippen LogP) is 4.13. The molecule has 2 aromatic rings. The van der Waals surface area contributed by atoms with Crippen molar-refractivity contribution in [1.82, 2.24) is 4.90 Å². The highest BCUT2D eigenvalue weighted by Gasteiger charge is 2.37. The summed E-state index contributed by atoms with van der Waals surface area (Å²) >= 11 is 0. The lowest BCUT2D eigenvalue weighted by atomic mass is 10.2. The molecule has 1 aliphatic rings. The van der Waals surface area contributed by atoms with Gasteiger partial charge in [0.05, 0.1) is 21.8 Å². The molecule has 1 aliphatic heterocycles. The zero-order valence-electron chi connectivity index (χ0n) is 14.7. The topological polar surface area (TPSA) is 78.5 Å². The van der Waals surface area contributed by atoms with Gasteiger partial charge < -0.3 is 10.2 Å². The van der Waals surface area contributed by atoms with Crippen molar-refractivity contribution < 1.29 is 26.4 Å². The number of anilines is 2. The third-order valence-corrected chi connectivity index (χ3v) is 5.71. The first-order valence-electron chi connectivity index (χ1n) is 8.52. The van der Waals surface area contributed by atoms with E-state index < -0.39 is 26.7 Å². The van der Waals surface area contributed by atoms with Crippen LogP contribution in [-0.4, -0.2) is 32.4 Å². The number of sulfonamides is 1.